The zero-order valence-electron chi connectivity index (χ0n) is 23.9. The van der Waals surface area contributed by atoms with E-state index in [2.05, 4.69) is 42.3 Å². The summed E-state index contributed by atoms with van der Waals surface area (Å²) in [5, 5.41) is 3.72. The molecule has 7 nitrogen and oxygen atoms in total. The second-order valence-electron chi connectivity index (χ2n) is 11.4. The van der Waals surface area contributed by atoms with Crippen LogP contribution in [0.25, 0.3) is 0 Å². The lowest BCUT2D eigenvalue weighted by molar-refractivity contribution is -0.157. The number of hydrogen-bond donors (Lipinski definition) is 1. The Bertz CT molecular complexity index is 1170. The molecule has 2 saturated heterocycles. The van der Waals surface area contributed by atoms with Crippen LogP contribution in [0.15, 0.2) is 30.3 Å². The molecular formula is C31H42ClN3O4. The molecule has 1 N–H and O–H groups in total. The van der Waals surface area contributed by atoms with Gasteiger partial charge in [-0.2, -0.15) is 0 Å². The number of halogens is 1. The van der Waals surface area contributed by atoms with E-state index < -0.39 is 5.60 Å². The van der Waals surface area contributed by atoms with Crippen LogP contribution in [0.1, 0.15) is 54.0 Å². The smallest absolute Gasteiger partial charge is 0.225 e. The summed E-state index contributed by atoms with van der Waals surface area (Å²) in [5.41, 5.74) is 4.96. The summed E-state index contributed by atoms with van der Waals surface area (Å²) in [4.78, 5) is 29.3. The first kappa shape index (κ1) is 29.4. The third kappa shape index (κ3) is 7.74. The van der Waals surface area contributed by atoms with E-state index in [0.29, 0.717) is 26.2 Å². The topological polar surface area (TPSA) is 71.1 Å². The van der Waals surface area contributed by atoms with E-state index in [1.54, 1.807) is 0 Å². The van der Waals surface area contributed by atoms with Crippen LogP contribution in [-0.4, -0.2) is 72.6 Å². The minimum absolute atomic E-state index is 0.0250. The SMILES string of the molecule is CC(=O)NC1CCN(C(=O)CC2(COc3cc(C)c(Cl)c(C)c3)CN(Cc3ccc(C)c(C)c3)CCO2)CC1. The summed E-state index contributed by atoms with van der Waals surface area (Å²) >= 11 is 6.38. The fourth-order valence-electron chi connectivity index (χ4n) is 5.62. The number of carbonyl (C=O) groups is 2. The Kier molecular flexibility index (Phi) is 9.57. The van der Waals surface area contributed by atoms with Crippen molar-refractivity contribution in [1.82, 2.24) is 15.1 Å². The maximum Gasteiger partial charge on any atom is 0.225 e. The predicted molar refractivity (Wildman–Crippen MR) is 154 cm³/mol. The Morgan fingerprint density at radius 1 is 1.03 bits per heavy atom. The van der Waals surface area contributed by atoms with E-state index in [-0.39, 0.29) is 30.9 Å². The largest absolute Gasteiger partial charge is 0.490 e. The van der Waals surface area contributed by atoms with Gasteiger partial charge < -0.3 is 19.7 Å². The van der Waals surface area contributed by atoms with Crippen LogP contribution in [0, 0.1) is 27.7 Å². The average Bonchev–Trinajstić information content (AvgIpc) is 2.88. The number of rotatable bonds is 8. The molecule has 39 heavy (non-hydrogen) atoms. The maximum atomic E-state index is 13.6. The van der Waals surface area contributed by atoms with Crippen molar-refractivity contribution >= 4 is 23.4 Å². The van der Waals surface area contributed by atoms with E-state index in [4.69, 9.17) is 21.1 Å². The molecule has 4 rings (SSSR count). The number of likely N-dealkylation sites (tertiary alicyclic amines) is 1. The second kappa shape index (κ2) is 12.7. The number of nitrogens with zero attached hydrogens (tertiary/aromatic N) is 2. The zero-order chi connectivity index (χ0) is 28.2. The molecule has 0 aliphatic carbocycles. The Hall–Kier alpha value is -2.61. The molecule has 1 unspecified atom stereocenters. The molecule has 1 atom stereocenters. The zero-order valence-corrected chi connectivity index (χ0v) is 24.7. The lowest BCUT2D eigenvalue weighted by atomic mass is 9.95. The van der Waals surface area contributed by atoms with Crippen molar-refractivity contribution in [3.8, 4) is 5.75 Å². The minimum Gasteiger partial charge on any atom is -0.490 e. The minimum atomic E-state index is -0.773. The first-order valence-electron chi connectivity index (χ1n) is 13.9. The van der Waals surface area contributed by atoms with Crippen LogP contribution in [-0.2, 0) is 20.9 Å². The molecule has 2 aromatic carbocycles. The molecule has 2 aliphatic rings. The number of ether oxygens (including phenoxy) is 2. The first-order chi connectivity index (χ1) is 18.5. The highest BCUT2D eigenvalue weighted by atomic mass is 35.5. The van der Waals surface area contributed by atoms with E-state index in [0.717, 1.165) is 47.8 Å². The van der Waals surface area contributed by atoms with Crippen molar-refractivity contribution in [2.24, 2.45) is 0 Å². The van der Waals surface area contributed by atoms with Gasteiger partial charge in [0.05, 0.1) is 13.0 Å². The molecule has 8 heteroatoms. The van der Waals surface area contributed by atoms with Crippen LogP contribution in [0.5, 0.6) is 5.75 Å². The molecular weight excluding hydrogens is 514 g/mol. The van der Waals surface area contributed by atoms with Gasteiger partial charge in [-0.15, -0.1) is 0 Å². The van der Waals surface area contributed by atoms with Gasteiger partial charge in [0, 0.05) is 50.7 Å². The maximum absolute atomic E-state index is 13.6. The van der Waals surface area contributed by atoms with Crippen LogP contribution in [0.4, 0.5) is 0 Å². The van der Waals surface area contributed by atoms with Crippen molar-refractivity contribution < 1.29 is 19.1 Å². The summed E-state index contributed by atoms with van der Waals surface area (Å²) in [6, 6.07) is 10.6. The lowest BCUT2D eigenvalue weighted by Crippen LogP contribution is -2.57. The second-order valence-corrected chi connectivity index (χ2v) is 11.7. The molecule has 0 spiro atoms. The van der Waals surface area contributed by atoms with Gasteiger partial charge in [0.1, 0.15) is 18.0 Å². The first-order valence-corrected chi connectivity index (χ1v) is 14.3. The molecule has 2 aromatic rings. The summed E-state index contributed by atoms with van der Waals surface area (Å²) in [6.45, 7) is 14.0. The number of nitrogens with one attached hydrogen (secondary N) is 1. The van der Waals surface area contributed by atoms with E-state index >= 15 is 0 Å². The van der Waals surface area contributed by atoms with Crippen molar-refractivity contribution in [1.29, 1.82) is 0 Å². The van der Waals surface area contributed by atoms with Crippen LogP contribution in [0.2, 0.25) is 5.02 Å². The fraction of sp³-hybridized carbons (Fsp3) is 0.548. The van der Waals surface area contributed by atoms with Crippen molar-refractivity contribution in [3.63, 3.8) is 0 Å². The molecule has 2 amide bonds. The summed E-state index contributed by atoms with van der Waals surface area (Å²) in [7, 11) is 0. The van der Waals surface area contributed by atoms with Gasteiger partial charge in [0.2, 0.25) is 11.8 Å². The highest BCUT2D eigenvalue weighted by molar-refractivity contribution is 6.32. The predicted octanol–water partition coefficient (Wildman–Crippen LogP) is 4.74. The number of aryl methyl sites for hydroxylation is 4. The number of amides is 2. The average molecular weight is 556 g/mol. The van der Waals surface area contributed by atoms with Gasteiger partial charge in [-0.3, -0.25) is 14.5 Å². The monoisotopic (exact) mass is 555 g/mol. The molecule has 0 radical (unpaired) electrons. The van der Waals surface area contributed by atoms with Crippen molar-refractivity contribution in [2.45, 2.75) is 72.1 Å². The van der Waals surface area contributed by atoms with Crippen molar-refractivity contribution in [2.75, 3.05) is 39.4 Å². The quantitative estimate of drug-likeness (QED) is 0.509. The summed E-state index contributed by atoms with van der Waals surface area (Å²) in [6.07, 6.45) is 1.77. The van der Waals surface area contributed by atoms with E-state index in [1.807, 2.05) is 30.9 Å². The fourth-order valence-corrected chi connectivity index (χ4v) is 5.73. The van der Waals surface area contributed by atoms with Crippen LogP contribution < -0.4 is 10.1 Å². The number of carbonyl (C=O) groups excluding carboxylic acids is 2. The van der Waals surface area contributed by atoms with Crippen LogP contribution in [0.3, 0.4) is 0 Å². The lowest BCUT2D eigenvalue weighted by Gasteiger charge is -2.43. The molecule has 0 aromatic heterocycles. The Morgan fingerprint density at radius 3 is 2.36 bits per heavy atom. The Balaban J connectivity index is 1.49. The van der Waals surface area contributed by atoms with Gasteiger partial charge in [-0.05, 0) is 80.5 Å². The van der Waals surface area contributed by atoms with Gasteiger partial charge in [-0.1, -0.05) is 29.8 Å². The highest BCUT2D eigenvalue weighted by Gasteiger charge is 2.41. The third-order valence-corrected chi connectivity index (χ3v) is 8.54. The number of hydrogen-bond acceptors (Lipinski definition) is 5. The molecule has 2 aliphatic heterocycles. The third-order valence-electron chi connectivity index (χ3n) is 7.95. The van der Waals surface area contributed by atoms with Crippen LogP contribution >= 0.6 is 11.6 Å². The number of benzene rings is 2. The molecule has 0 saturated carbocycles. The van der Waals surface area contributed by atoms with E-state index in [9.17, 15) is 9.59 Å². The highest BCUT2D eigenvalue weighted by Crippen LogP contribution is 2.30. The molecule has 212 valence electrons. The molecule has 2 fully saturated rings. The van der Waals surface area contributed by atoms with Gasteiger partial charge in [0.25, 0.3) is 0 Å². The Morgan fingerprint density at radius 2 is 1.72 bits per heavy atom. The Labute approximate surface area is 237 Å². The molecule has 0 bridgehead atoms. The van der Waals surface area contributed by atoms with E-state index in [1.165, 1.54) is 23.6 Å². The van der Waals surface area contributed by atoms with Gasteiger partial charge >= 0.3 is 0 Å². The number of piperidine rings is 1. The van der Waals surface area contributed by atoms with Gasteiger partial charge in [-0.25, -0.2) is 0 Å². The number of morpholine rings is 1. The molecule has 2 heterocycles. The van der Waals surface area contributed by atoms with Crippen molar-refractivity contribution in [3.05, 3.63) is 63.2 Å². The van der Waals surface area contributed by atoms with Gasteiger partial charge in [0.15, 0.2) is 0 Å². The summed E-state index contributed by atoms with van der Waals surface area (Å²) in [5.74, 6) is 0.770. The normalized spacial score (nSPS) is 20.6. The summed E-state index contributed by atoms with van der Waals surface area (Å²) < 4.78 is 12.7. The standard InChI is InChI=1S/C31H42ClN3O4/c1-21-6-7-26(14-22(21)2)18-34-12-13-39-31(19-34,20-38-28-15-23(3)30(32)24(4)16-28)17-29(37)35-10-8-27(9-11-35)33-25(5)36/h6-7,14-16,27H,8-13,17-20H2,1-5H3,(H,33,36).